The molecule has 2 amide bonds. The van der Waals surface area contributed by atoms with Gasteiger partial charge < -0.3 is 15.5 Å². The maximum atomic E-state index is 12.5. The topological polar surface area (TPSA) is 61.4 Å². The SMILES string of the molecule is CCN(C(=O)c1ccc2c(c1)CC(=O)N2)C1CNC1. The molecule has 2 aliphatic rings. The molecule has 0 aromatic heterocycles. The number of carbonyl (C=O) groups excluding carboxylic acids is 2. The Morgan fingerprint density at radius 2 is 2.21 bits per heavy atom. The van der Waals surface area contributed by atoms with Gasteiger partial charge in [-0.15, -0.1) is 0 Å². The Kier molecular flexibility index (Phi) is 2.98. The minimum absolute atomic E-state index is 0.00450. The van der Waals surface area contributed by atoms with E-state index >= 15 is 0 Å². The number of amides is 2. The predicted octanol–water partition coefficient (Wildman–Crippen LogP) is 0.615. The van der Waals surface area contributed by atoms with Crippen LogP contribution >= 0.6 is 0 Å². The molecule has 0 radical (unpaired) electrons. The van der Waals surface area contributed by atoms with Crippen molar-refractivity contribution in [2.75, 3.05) is 25.0 Å². The van der Waals surface area contributed by atoms with Gasteiger partial charge in [0.15, 0.2) is 0 Å². The summed E-state index contributed by atoms with van der Waals surface area (Å²) in [6.45, 7) is 4.43. The molecule has 1 aromatic carbocycles. The van der Waals surface area contributed by atoms with Crippen LogP contribution in [0.4, 0.5) is 5.69 Å². The summed E-state index contributed by atoms with van der Waals surface area (Å²) < 4.78 is 0. The number of hydrogen-bond donors (Lipinski definition) is 2. The van der Waals surface area contributed by atoms with E-state index in [0.717, 1.165) is 24.3 Å². The molecule has 0 saturated carbocycles. The molecule has 5 heteroatoms. The standard InChI is InChI=1S/C14H17N3O2/c1-2-17(11-7-15-8-11)14(19)9-3-4-12-10(5-9)6-13(18)16-12/h3-5,11,15H,2,6-8H2,1H3,(H,16,18). The summed E-state index contributed by atoms with van der Waals surface area (Å²) in [5, 5.41) is 5.96. The second-order valence-corrected chi connectivity index (χ2v) is 5.00. The van der Waals surface area contributed by atoms with E-state index in [4.69, 9.17) is 0 Å². The van der Waals surface area contributed by atoms with Crippen LogP contribution in [0.25, 0.3) is 0 Å². The fourth-order valence-corrected chi connectivity index (χ4v) is 2.59. The predicted molar refractivity (Wildman–Crippen MR) is 72.1 cm³/mol. The van der Waals surface area contributed by atoms with E-state index in [1.54, 1.807) is 6.07 Å². The lowest BCUT2D eigenvalue weighted by Gasteiger charge is -2.37. The largest absolute Gasteiger partial charge is 0.333 e. The highest BCUT2D eigenvalue weighted by Crippen LogP contribution is 2.24. The molecule has 1 saturated heterocycles. The summed E-state index contributed by atoms with van der Waals surface area (Å²) >= 11 is 0. The van der Waals surface area contributed by atoms with Crippen molar-refractivity contribution in [2.45, 2.75) is 19.4 Å². The maximum Gasteiger partial charge on any atom is 0.254 e. The molecule has 19 heavy (non-hydrogen) atoms. The van der Waals surface area contributed by atoms with Gasteiger partial charge in [0, 0.05) is 30.9 Å². The number of nitrogens with zero attached hydrogens (tertiary/aromatic N) is 1. The van der Waals surface area contributed by atoms with Crippen LogP contribution < -0.4 is 10.6 Å². The van der Waals surface area contributed by atoms with Gasteiger partial charge >= 0.3 is 0 Å². The van der Waals surface area contributed by atoms with Crippen LogP contribution in [0.3, 0.4) is 0 Å². The number of hydrogen-bond acceptors (Lipinski definition) is 3. The van der Waals surface area contributed by atoms with Crippen LogP contribution in [0.5, 0.6) is 0 Å². The molecule has 0 aliphatic carbocycles. The van der Waals surface area contributed by atoms with E-state index in [1.807, 2.05) is 24.0 Å². The minimum Gasteiger partial charge on any atom is -0.333 e. The molecule has 5 nitrogen and oxygen atoms in total. The highest BCUT2D eigenvalue weighted by Gasteiger charge is 2.28. The normalized spacial score (nSPS) is 17.6. The smallest absolute Gasteiger partial charge is 0.254 e. The van der Waals surface area contributed by atoms with Gasteiger partial charge in [-0.05, 0) is 30.7 Å². The number of rotatable bonds is 3. The molecular formula is C14H17N3O2. The van der Waals surface area contributed by atoms with E-state index in [0.29, 0.717) is 24.6 Å². The summed E-state index contributed by atoms with van der Waals surface area (Å²) in [6.07, 6.45) is 0.369. The van der Waals surface area contributed by atoms with Crippen molar-refractivity contribution in [2.24, 2.45) is 0 Å². The average Bonchev–Trinajstić information content (AvgIpc) is 2.71. The number of benzene rings is 1. The van der Waals surface area contributed by atoms with Crippen LogP contribution in [0.2, 0.25) is 0 Å². The van der Waals surface area contributed by atoms with Gasteiger partial charge in [-0.1, -0.05) is 0 Å². The van der Waals surface area contributed by atoms with Gasteiger partial charge in [0.2, 0.25) is 5.91 Å². The third-order valence-corrected chi connectivity index (χ3v) is 3.78. The van der Waals surface area contributed by atoms with Crippen molar-refractivity contribution in [1.82, 2.24) is 10.2 Å². The zero-order valence-electron chi connectivity index (χ0n) is 10.9. The summed E-state index contributed by atoms with van der Waals surface area (Å²) in [4.78, 5) is 25.7. The Bertz CT molecular complexity index is 537. The second kappa shape index (κ2) is 4.66. The third-order valence-electron chi connectivity index (χ3n) is 3.78. The highest BCUT2D eigenvalue weighted by molar-refractivity contribution is 6.01. The number of anilines is 1. The maximum absolute atomic E-state index is 12.5. The molecule has 1 fully saturated rings. The minimum atomic E-state index is -0.00450. The first-order chi connectivity index (χ1) is 9.19. The van der Waals surface area contributed by atoms with Crippen molar-refractivity contribution in [1.29, 1.82) is 0 Å². The Morgan fingerprint density at radius 3 is 2.84 bits per heavy atom. The number of fused-ring (bicyclic) bond motifs is 1. The quantitative estimate of drug-likeness (QED) is 0.836. The van der Waals surface area contributed by atoms with Crippen molar-refractivity contribution < 1.29 is 9.59 Å². The summed E-state index contributed by atoms with van der Waals surface area (Å²) in [5.74, 6) is 0.0475. The molecule has 100 valence electrons. The summed E-state index contributed by atoms with van der Waals surface area (Å²) in [7, 11) is 0. The molecule has 2 N–H and O–H groups in total. The lowest BCUT2D eigenvalue weighted by atomic mass is 10.0. The first-order valence-electron chi connectivity index (χ1n) is 6.63. The Morgan fingerprint density at radius 1 is 1.42 bits per heavy atom. The first-order valence-corrected chi connectivity index (χ1v) is 6.63. The Hall–Kier alpha value is -1.88. The number of carbonyl (C=O) groups is 2. The van der Waals surface area contributed by atoms with Crippen LogP contribution in [0.15, 0.2) is 18.2 Å². The van der Waals surface area contributed by atoms with Gasteiger partial charge in [-0.25, -0.2) is 0 Å². The van der Waals surface area contributed by atoms with Gasteiger partial charge in [0.25, 0.3) is 5.91 Å². The second-order valence-electron chi connectivity index (χ2n) is 5.00. The molecule has 2 aliphatic heterocycles. The van der Waals surface area contributed by atoms with E-state index in [1.165, 1.54) is 0 Å². The van der Waals surface area contributed by atoms with Gasteiger partial charge in [-0.2, -0.15) is 0 Å². The van der Waals surface area contributed by atoms with Gasteiger partial charge in [0.1, 0.15) is 0 Å². The van der Waals surface area contributed by atoms with E-state index in [-0.39, 0.29) is 11.8 Å². The molecule has 2 heterocycles. The Labute approximate surface area is 112 Å². The first kappa shape index (κ1) is 12.2. The van der Waals surface area contributed by atoms with Crippen molar-refractivity contribution in [3.8, 4) is 0 Å². The van der Waals surface area contributed by atoms with Gasteiger partial charge in [-0.3, -0.25) is 9.59 Å². The number of likely N-dealkylation sites (N-methyl/N-ethyl adjacent to an activating group) is 1. The molecule has 0 unspecified atom stereocenters. The van der Waals surface area contributed by atoms with Crippen LogP contribution in [-0.2, 0) is 11.2 Å². The lowest BCUT2D eigenvalue weighted by Crippen LogP contribution is -2.58. The fourth-order valence-electron chi connectivity index (χ4n) is 2.59. The molecule has 0 atom stereocenters. The lowest BCUT2D eigenvalue weighted by molar-refractivity contribution is -0.115. The molecular weight excluding hydrogens is 242 g/mol. The van der Waals surface area contributed by atoms with Crippen LogP contribution in [-0.4, -0.2) is 42.4 Å². The zero-order valence-corrected chi connectivity index (χ0v) is 10.9. The van der Waals surface area contributed by atoms with Crippen molar-refractivity contribution in [3.05, 3.63) is 29.3 Å². The average molecular weight is 259 g/mol. The molecule has 1 aromatic rings. The van der Waals surface area contributed by atoms with Crippen molar-refractivity contribution in [3.63, 3.8) is 0 Å². The van der Waals surface area contributed by atoms with E-state index < -0.39 is 0 Å². The summed E-state index contributed by atoms with van der Waals surface area (Å²) in [6, 6.07) is 5.75. The Balaban J connectivity index is 1.83. The summed E-state index contributed by atoms with van der Waals surface area (Å²) in [5.41, 5.74) is 2.41. The molecule has 0 spiro atoms. The molecule has 3 rings (SSSR count). The fraction of sp³-hybridized carbons (Fsp3) is 0.429. The highest BCUT2D eigenvalue weighted by atomic mass is 16.2. The van der Waals surface area contributed by atoms with Crippen molar-refractivity contribution >= 4 is 17.5 Å². The third kappa shape index (κ3) is 2.10. The van der Waals surface area contributed by atoms with Gasteiger partial charge in [0.05, 0.1) is 12.5 Å². The van der Waals surface area contributed by atoms with E-state index in [9.17, 15) is 9.59 Å². The van der Waals surface area contributed by atoms with Crippen LogP contribution in [0, 0.1) is 0 Å². The number of nitrogens with one attached hydrogen (secondary N) is 2. The van der Waals surface area contributed by atoms with Crippen LogP contribution in [0.1, 0.15) is 22.8 Å². The van der Waals surface area contributed by atoms with E-state index in [2.05, 4.69) is 10.6 Å². The monoisotopic (exact) mass is 259 g/mol. The molecule has 0 bridgehead atoms. The zero-order chi connectivity index (χ0) is 13.4.